The van der Waals surface area contributed by atoms with Crippen molar-refractivity contribution in [3.05, 3.63) is 0 Å². The highest BCUT2D eigenvalue weighted by Crippen LogP contribution is 2.16. The zero-order chi connectivity index (χ0) is 13.0. The van der Waals surface area contributed by atoms with Crippen LogP contribution >= 0.6 is 0 Å². The van der Waals surface area contributed by atoms with Crippen molar-refractivity contribution in [1.82, 2.24) is 10.2 Å². The van der Waals surface area contributed by atoms with E-state index >= 15 is 0 Å². The molecular weight excluding hydrogens is 248 g/mol. The van der Waals surface area contributed by atoms with Crippen LogP contribution < -0.4 is 5.32 Å². The number of nitrogens with zero attached hydrogens (tertiary/aromatic N) is 1. The maximum Gasteiger partial charge on any atom is 0.151 e. The highest BCUT2D eigenvalue weighted by atomic mass is 32.2. The van der Waals surface area contributed by atoms with Crippen LogP contribution in [0.1, 0.15) is 32.6 Å². The van der Waals surface area contributed by atoms with Crippen LogP contribution in [0.2, 0.25) is 0 Å². The zero-order valence-corrected chi connectivity index (χ0v) is 12.2. The highest BCUT2D eigenvalue weighted by molar-refractivity contribution is 7.91. The van der Waals surface area contributed by atoms with Crippen molar-refractivity contribution in [1.29, 1.82) is 0 Å². The van der Waals surface area contributed by atoms with Crippen molar-refractivity contribution < 1.29 is 8.42 Å². The highest BCUT2D eigenvalue weighted by Gasteiger charge is 2.27. The predicted molar refractivity (Wildman–Crippen MR) is 74.5 cm³/mol. The molecule has 2 rings (SSSR count). The monoisotopic (exact) mass is 274 g/mol. The summed E-state index contributed by atoms with van der Waals surface area (Å²) in [6.45, 7) is 6.73. The van der Waals surface area contributed by atoms with E-state index in [1.165, 1.54) is 32.4 Å². The largest absolute Gasteiger partial charge is 0.312 e. The standard InChI is InChI=1S/C13H26N2O2S/c1-12-3-2-7-15(8-4-12)9-6-14-13-5-10-18(16,17)11-13/h12-14H,2-11H2,1H3. The van der Waals surface area contributed by atoms with Crippen LogP contribution in [-0.2, 0) is 9.84 Å². The molecule has 2 aliphatic heterocycles. The van der Waals surface area contributed by atoms with Gasteiger partial charge in [-0.25, -0.2) is 8.42 Å². The number of nitrogens with one attached hydrogen (secondary N) is 1. The Morgan fingerprint density at radius 2 is 2.06 bits per heavy atom. The lowest BCUT2D eigenvalue weighted by Crippen LogP contribution is -2.38. The van der Waals surface area contributed by atoms with Gasteiger partial charge < -0.3 is 10.2 Å². The Hall–Kier alpha value is -0.130. The van der Waals surface area contributed by atoms with Crippen LogP contribution in [0, 0.1) is 5.92 Å². The zero-order valence-electron chi connectivity index (χ0n) is 11.4. The third kappa shape index (κ3) is 4.52. The molecule has 18 heavy (non-hydrogen) atoms. The minimum absolute atomic E-state index is 0.195. The first-order chi connectivity index (χ1) is 8.55. The van der Waals surface area contributed by atoms with Crippen molar-refractivity contribution in [2.75, 3.05) is 37.7 Å². The van der Waals surface area contributed by atoms with Crippen molar-refractivity contribution in [3.63, 3.8) is 0 Å². The summed E-state index contributed by atoms with van der Waals surface area (Å²) in [6.07, 6.45) is 4.75. The molecule has 0 aromatic rings. The molecule has 5 heteroatoms. The van der Waals surface area contributed by atoms with Gasteiger partial charge >= 0.3 is 0 Å². The number of rotatable bonds is 4. The van der Waals surface area contributed by atoms with Crippen LogP contribution in [0.5, 0.6) is 0 Å². The normalized spacial score (nSPS) is 33.4. The third-order valence-corrected chi connectivity index (χ3v) is 5.97. The Labute approximate surface area is 111 Å². The van der Waals surface area contributed by atoms with Crippen LogP contribution in [0.3, 0.4) is 0 Å². The van der Waals surface area contributed by atoms with E-state index in [2.05, 4.69) is 17.1 Å². The molecule has 2 unspecified atom stereocenters. The second-order valence-electron chi connectivity index (χ2n) is 5.93. The first-order valence-corrected chi connectivity index (χ1v) is 9.03. The lowest BCUT2D eigenvalue weighted by molar-refractivity contribution is 0.277. The Balaban J connectivity index is 1.63. The first kappa shape index (κ1) is 14.3. The minimum atomic E-state index is -2.74. The third-order valence-electron chi connectivity index (χ3n) is 4.20. The molecule has 0 aliphatic carbocycles. The summed E-state index contributed by atoms with van der Waals surface area (Å²) in [5, 5.41) is 3.40. The Morgan fingerprint density at radius 1 is 1.22 bits per heavy atom. The smallest absolute Gasteiger partial charge is 0.151 e. The summed E-state index contributed by atoms with van der Waals surface area (Å²) in [7, 11) is -2.74. The molecule has 1 N–H and O–H groups in total. The van der Waals surface area contributed by atoms with E-state index in [9.17, 15) is 8.42 Å². The Kier molecular flexibility index (Phi) is 5.04. The lowest BCUT2D eigenvalue weighted by atomic mass is 10.0. The van der Waals surface area contributed by atoms with Gasteiger partial charge in [-0.2, -0.15) is 0 Å². The summed E-state index contributed by atoms with van der Waals surface area (Å²) in [5.41, 5.74) is 0. The molecule has 2 saturated heterocycles. The molecule has 4 nitrogen and oxygen atoms in total. The minimum Gasteiger partial charge on any atom is -0.312 e. The Bertz CT molecular complexity index is 356. The van der Waals surface area contributed by atoms with Gasteiger partial charge in [-0.1, -0.05) is 6.92 Å². The average Bonchev–Trinajstić information content (AvgIpc) is 2.52. The van der Waals surface area contributed by atoms with Crippen LogP contribution in [0.15, 0.2) is 0 Å². The number of sulfone groups is 1. The summed E-state index contributed by atoms with van der Waals surface area (Å²) in [6, 6.07) is 0.195. The second-order valence-corrected chi connectivity index (χ2v) is 8.16. The van der Waals surface area contributed by atoms with Gasteiger partial charge in [0, 0.05) is 19.1 Å². The molecule has 0 saturated carbocycles. The van der Waals surface area contributed by atoms with E-state index in [0.29, 0.717) is 11.5 Å². The van der Waals surface area contributed by atoms with E-state index in [-0.39, 0.29) is 6.04 Å². The van der Waals surface area contributed by atoms with Gasteiger partial charge in [-0.3, -0.25) is 0 Å². The van der Waals surface area contributed by atoms with Crippen molar-refractivity contribution in [2.24, 2.45) is 5.92 Å². The van der Waals surface area contributed by atoms with E-state index in [0.717, 1.165) is 25.4 Å². The Morgan fingerprint density at radius 3 is 2.78 bits per heavy atom. The van der Waals surface area contributed by atoms with Gasteiger partial charge in [-0.15, -0.1) is 0 Å². The van der Waals surface area contributed by atoms with Crippen LogP contribution in [0.25, 0.3) is 0 Å². The fourth-order valence-electron chi connectivity index (χ4n) is 2.93. The molecule has 0 radical (unpaired) electrons. The van der Waals surface area contributed by atoms with Gasteiger partial charge in [0.1, 0.15) is 0 Å². The van der Waals surface area contributed by atoms with Gasteiger partial charge in [0.05, 0.1) is 11.5 Å². The summed E-state index contributed by atoms with van der Waals surface area (Å²) >= 11 is 0. The van der Waals surface area contributed by atoms with Gasteiger partial charge in [-0.05, 0) is 44.7 Å². The summed E-state index contributed by atoms with van der Waals surface area (Å²) in [4.78, 5) is 2.51. The van der Waals surface area contributed by atoms with E-state index < -0.39 is 9.84 Å². The van der Waals surface area contributed by atoms with E-state index in [4.69, 9.17) is 0 Å². The first-order valence-electron chi connectivity index (χ1n) is 7.21. The van der Waals surface area contributed by atoms with Gasteiger partial charge in [0.25, 0.3) is 0 Å². The van der Waals surface area contributed by atoms with Gasteiger partial charge in [0.2, 0.25) is 0 Å². The molecule has 0 amide bonds. The summed E-state index contributed by atoms with van der Waals surface area (Å²) < 4.78 is 22.7. The molecule has 106 valence electrons. The molecule has 2 fully saturated rings. The number of hydrogen-bond donors (Lipinski definition) is 1. The molecule has 2 aliphatic rings. The molecule has 2 atom stereocenters. The van der Waals surface area contributed by atoms with Crippen molar-refractivity contribution in [2.45, 2.75) is 38.6 Å². The van der Waals surface area contributed by atoms with Crippen LogP contribution in [0.4, 0.5) is 0 Å². The van der Waals surface area contributed by atoms with Crippen molar-refractivity contribution in [3.8, 4) is 0 Å². The van der Waals surface area contributed by atoms with Gasteiger partial charge in [0.15, 0.2) is 9.84 Å². The number of hydrogen-bond acceptors (Lipinski definition) is 4. The maximum absolute atomic E-state index is 11.3. The molecule has 2 heterocycles. The number of likely N-dealkylation sites (tertiary alicyclic amines) is 1. The average molecular weight is 274 g/mol. The quantitative estimate of drug-likeness (QED) is 0.827. The van der Waals surface area contributed by atoms with Crippen LogP contribution in [-0.4, -0.2) is 57.0 Å². The van der Waals surface area contributed by atoms with Crippen molar-refractivity contribution >= 4 is 9.84 Å². The molecule has 0 bridgehead atoms. The molecule has 0 aromatic heterocycles. The fraction of sp³-hybridized carbons (Fsp3) is 1.00. The predicted octanol–water partition coefficient (Wildman–Crippen LogP) is 0.885. The molecule has 0 spiro atoms. The topological polar surface area (TPSA) is 49.4 Å². The SMILES string of the molecule is CC1CCCN(CCNC2CCS(=O)(=O)C2)CC1. The molecular formula is C13H26N2O2S. The van der Waals surface area contributed by atoms with E-state index in [1.807, 2.05) is 0 Å². The maximum atomic E-state index is 11.3. The fourth-order valence-corrected chi connectivity index (χ4v) is 4.64. The van der Waals surface area contributed by atoms with E-state index in [1.54, 1.807) is 0 Å². The molecule has 0 aromatic carbocycles. The summed E-state index contributed by atoms with van der Waals surface area (Å²) in [5.74, 6) is 1.57. The lowest BCUT2D eigenvalue weighted by Gasteiger charge is -2.21. The second kappa shape index (κ2) is 6.35.